The van der Waals surface area contributed by atoms with E-state index in [0.717, 1.165) is 5.56 Å². The maximum atomic E-state index is 12.4. The van der Waals surface area contributed by atoms with Crippen LogP contribution in [-0.2, 0) is 4.74 Å². The van der Waals surface area contributed by atoms with Gasteiger partial charge in [-0.1, -0.05) is 17.7 Å². The van der Waals surface area contributed by atoms with E-state index in [9.17, 15) is 9.59 Å². The lowest BCUT2D eigenvalue weighted by atomic mass is 10.1. The van der Waals surface area contributed by atoms with Crippen LogP contribution in [-0.4, -0.2) is 43.0 Å². The summed E-state index contributed by atoms with van der Waals surface area (Å²) >= 11 is 0. The number of carbonyl (C=O) groups is 2. The predicted octanol–water partition coefficient (Wildman–Crippen LogP) is 2.72. The van der Waals surface area contributed by atoms with E-state index in [4.69, 9.17) is 4.74 Å². The zero-order chi connectivity index (χ0) is 16.9. The molecule has 5 heteroatoms. The average Bonchev–Trinajstić information content (AvgIpc) is 2.63. The molecule has 0 unspecified atom stereocenters. The first-order valence-corrected chi connectivity index (χ1v) is 7.98. The van der Waals surface area contributed by atoms with Gasteiger partial charge < -0.3 is 15.0 Å². The van der Waals surface area contributed by atoms with Crippen molar-refractivity contribution in [2.24, 2.45) is 0 Å². The Hall–Kier alpha value is -2.66. The number of benzene rings is 2. The van der Waals surface area contributed by atoms with Crippen LogP contribution in [0.25, 0.3) is 0 Å². The summed E-state index contributed by atoms with van der Waals surface area (Å²) < 4.78 is 5.26. The molecule has 1 heterocycles. The molecule has 0 aliphatic carbocycles. The molecule has 5 nitrogen and oxygen atoms in total. The molecule has 1 N–H and O–H groups in total. The molecule has 0 atom stereocenters. The van der Waals surface area contributed by atoms with Crippen LogP contribution in [0, 0.1) is 6.92 Å². The van der Waals surface area contributed by atoms with Gasteiger partial charge >= 0.3 is 0 Å². The van der Waals surface area contributed by atoms with E-state index in [-0.39, 0.29) is 11.8 Å². The molecule has 1 fully saturated rings. The third-order valence-electron chi connectivity index (χ3n) is 4.00. The second-order valence-electron chi connectivity index (χ2n) is 5.80. The molecule has 0 bridgehead atoms. The number of amides is 2. The highest BCUT2D eigenvalue weighted by molar-refractivity contribution is 6.04. The number of carbonyl (C=O) groups excluding carboxylic acids is 2. The predicted molar refractivity (Wildman–Crippen MR) is 92.3 cm³/mol. The van der Waals surface area contributed by atoms with Gasteiger partial charge in [0.1, 0.15) is 0 Å². The second kappa shape index (κ2) is 7.27. The molecule has 24 heavy (non-hydrogen) atoms. The number of hydrogen-bond donors (Lipinski definition) is 1. The first kappa shape index (κ1) is 16.2. The minimum absolute atomic E-state index is 0.00490. The van der Waals surface area contributed by atoms with Gasteiger partial charge in [0, 0.05) is 29.9 Å². The summed E-state index contributed by atoms with van der Waals surface area (Å²) in [5, 5.41) is 2.84. The fourth-order valence-corrected chi connectivity index (χ4v) is 2.55. The van der Waals surface area contributed by atoms with E-state index < -0.39 is 0 Å². The Labute approximate surface area is 141 Å². The molecule has 2 aromatic rings. The third kappa shape index (κ3) is 3.81. The van der Waals surface area contributed by atoms with Crippen molar-refractivity contribution in [2.45, 2.75) is 6.92 Å². The largest absolute Gasteiger partial charge is 0.378 e. The number of nitrogens with one attached hydrogen (secondary N) is 1. The lowest BCUT2D eigenvalue weighted by molar-refractivity contribution is 0.0303. The first-order chi connectivity index (χ1) is 11.6. The van der Waals surface area contributed by atoms with Crippen LogP contribution >= 0.6 is 0 Å². The Kier molecular flexibility index (Phi) is 4.91. The van der Waals surface area contributed by atoms with Crippen molar-refractivity contribution in [3.8, 4) is 0 Å². The normalized spacial score (nSPS) is 14.3. The first-order valence-electron chi connectivity index (χ1n) is 7.98. The summed E-state index contributed by atoms with van der Waals surface area (Å²) in [4.78, 5) is 26.3. The third-order valence-corrected chi connectivity index (χ3v) is 4.00. The number of rotatable bonds is 3. The highest BCUT2D eigenvalue weighted by Crippen LogP contribution is 2.14. The highest BCUT2D eigenvalue weighted by atomic mass is 16.5. The van der Waals surface area contributed by atoms with Gasteiger partial charge in [-0.2, -0.15) is 0 Å². The SMILES string of the molecule is Cc1ccc(C(=O)Nc2ccc(C(=O)N3CCOCC3)cc2)cc1. The smallest absolute Gasteiger partial charge is 0.255 e. The topological polar surface area (TPSA) is 58.6 Å². The van der Waals surface area contributed by atoms with Gasteiger partial charge in [-0.05, 0) is 43.3 Å². The number of ether oxygens (including phenoxy) is 1. The van der Waals surface area contributed by atoms with Crippen LogP contribution in [0.2, 0.25) is 0 Å². The van der Waals surface area contributed by atoms with Crippen molar-refractivity contribution in [1.82, 2.24) is 4.90 Å². The van der Waals surface area contributed by atoms with Crippen LogP contribution in [0.3, 0.4) is 0 Å². The van der Waals surface area contributed by atoms with Gasteiger partial charge in [0.05, 0.1) is 13.2 Å². The second-order valence-corrected chi connectivity index (χ2v) is 5.80. The fraction of sp³-hybridized carbons (Fsp3) is 0.263. The molecule has 124 valence electrons. The monoisotopic (exact) mass is 324 g/mol. The number of hydrogen-bond acceptors (Lipinski definition) is 3. The minimum Gasteiger partial charge on any atom is -0.378 e. The molecule has 0 spiro atoms. The summed E-state index contributed by atoms with van der Waals surface area (Å²) in [5.74, 6) is -0.169. The summed E-state index contributed by atoms with van der Waals surface area (Å²) in [6, 6.07) is 14.4. The van der Waals surface area contributed by atoms with Crippen molar-refractivity contribution < 1.29 is 14.3 Å². The van der Waals surface area contributed by atoms with Crippen molar-refractivity contribution in [1.29, 1.82) is 0 Å². The van der Waals surface area contributed by atoms with Crippen molar-refractivity contribution in [2.75, 3.05) is 31.6 Å². The van der Waals surface area contributed by atoms with Crippen LogP contribution in [0.1, 0.15) is 26.3 Å². The maximum Gasteiger partial charge on any atom is 0.255 e. The average molecular weight is 324 g/mol. The fourth-order valence-electron chi connectivity index (χ4n) is 2.55. The molecular weight excluding hydrogens is 304 g/mol. The molecule has 0 aromatic heterocycles. The molecule has 2 aromatic carbocycles. The minimum atomic E-state index is -0.165. The molecular formula is C19H20N2O3. The molecule has 2 amide bonds. The van der Waals surface area contributed by atoms with E-state index in [2.05, 4.69) is 5.32 Å². The van der Waals surface area contributed by atoms with Crippen molar-refractivity contribution >= 4 is 17.5 Å². The quantitative estimate of drug-likeness (QED) is 0.944. The van der Waals surface area contributed by atoms with Gasteiger partial charge in [0.2, 0.25) is 0 Å². The van der Waals surface area contributed by atoms with Gasteiger partial charge in [0.15, 0.2) is 0 Å². The summed E-state index contributed by atoms with van der Waals surface area (Å²) in [6.45, 7) is 4.37. The van der Waals surface area contributed by atoms with E-state index in [0.29, 0.717) is 43.1 Å². The molecule has 1 saturated heterocycles. The Morgan fingerprint density at radius 1 is 0.917 bits per heavy atom. The summed E-state index contributed by atoms with van der Waals surface area (Å²) in [7, 11) is 0. The Bertz CT molecular complexity index is 717. The Balaban J connectivity index is 1.64. The van der Waals surface area contributed by atoms with Crippen molar-refractivity contribution in [3.63, 3.8) is 0 Å². The van der Waals surface area contributed by atoms with Gasteiger partial charge in [0.25, 0.3) is 11.8 Å². The van der Waals surface area contributed by atoms with Crippen LogP contribution in [0.4, 0.5) is 5.69 Å². The zero-order valence-electron chi connectivity index (χ0n) is 13.6. The highest BCUT2D eigenvalue weighted by Gasteiger charge is 2.18. The van der Waals surface area contributed by atoms with E-state index in [1.165, 1.54) is 0 Å². The van der Waals surface area contributed by atoms with E-state index in [1.54, 1.807) is 41.3 Å². The van der Waals surface area contributed by atoms with Crippen molar-refractivity contribution in [3.05, 3.63) is 65.2 Å². The van der Waals surface area contributed by atoms with Crippen LogP contribution in [0.5, 0.6) is 0 Å². The zero-order valence-corrected chi connectivity index (χ0v) is 13.6. The van der Waals surface area contributed by atoms with Gasteiger partial charge in [-0.25, -0.2) is 0 Å². The summed E-state index contributed by atoms with van der Waals surface area (Å²) in [5.41, 5.74) is 3.00. The molecule has 0 saturated carbocycles. The van der Waals surface area contributed by atoms with Gasteiger partial charge in [-0.15, -0.1) is 0 Å². The van der Waals surface area contributed by atoms with Crippen LogP contribution in [0.15, 0.2) is 48.5 Å². The number of nitrogens with zero attached hydrogens (tertiary/aromatic N) is 1. The molecule has 1 aliphatic rings. The van der Waals surface area contributed by atoms with E-state index in [1.807, 2.05) is 19.1 Å². The summed E-state index contributed by atoms with van der Waals surface area (Å²) in [6.07, 6.45) is 0. The number of aryl methyl sites for hydroxylation is 1. The standard InChI is InChI=1S/C19H20N2O3/c1-14-2-4-15(5-3-14)18(22)20-17-8-6-16(7-9-17)19(23)21-10-12-24-13-11-21/h2-9H,10-13H2,1H3,(H,20,22). The lowest BCUT2D eigenvalue weighted by Crippen LogP contribution is -2.40. The molecule has 1 aliphatic heterocycles. The maximum absolute atomic E-state index is 12.4. The van der Waals surface area contributed by atoms with Crippen LogP contribution < -0.4 is 5.32 Å². The van der Waals surface area contributed by atoms with E-state index >= 15 is 0 Å². The Morgan fingerprint density at radius 3 is 2.12 bits per heavy atom. The number of morpholine rings is 1. The van der Waals surface area contributed by atoms with Gasteiger partial charge in [-0.3, -0.25) is 9.59 Å². The lowest BCUT2D eigenvalue weighted by Gasteiger charge is -2.26. The molecule has 3 rings (SSSR count). The Morgan fingerprint density at radius 2 is 1.50 bits per heavy atom. The number of anilines is 1. The molecule has 0 radical (unpaired) electrons.